The average Bonchev–Trinajstić information content (AvgIpc) is 2.60. The van der Waals surface area contributed by atoms with E-state index < -0.39 is 0 Å². The number of hydrogen-bond donors (Lipinski definition) is 2. The highest BCUT2D eigenvalue weighted by Gasteiger charge is 2.10. The Hall–Kier alpha value is -2.37. The molecule has 0 aromatic heterocycles. The minimum atomic E-state index is -0.239. The van der Waals surface area contributed by atoms with E-state index in [4.69, 9.17) is 15.2 Å². The summed E-state index contributed by atoms with van der Waals surface area (Å²) in [7, 11) is 1.55. The van der Waals surface area contributed by atoms with Crippen LogP contribution in [-0.4, -0.2) is 25.7 Å². The molecule has 0 aliphatic carbocycles. The van der Waals surface area contributed by atoms with Crippen LogP contribution >= 0.6 is 0 Å². The summed E-state index contributed by atoms with van der Waals surface area (Å²) < 4.78 is 10.8. The van der Waals surface area contributed by atoms with Crippen LogP contribution in [0.25, 0.3) is 0 Å². The van der Waals surface area contributed by atoms with E-state index in [-0.39, 0.29) is 18.4 Å². The number of carbonyl (C=O) groups is 1. The lowest BCUT2D eigenvalue weighted by Crippen LogP contribution is -2.31. The molecule has 122 valence electrons. The van der Waals surface area contributed by atoms with Crippen LogP contribution in [0.1, 0.15) is 12.0 Å². The minimum absolute atomic E-state index is 0.0769. The molecule has 0 heterocycles. The van der Waals surface area contributed by atoms with Crippen molar-refractivity contribution in [2.45, 2.75) is 19.1 Å². The second kappa shape index (κ2) is 8.92. The number of carbonyl (C=O) groups excluding carboxylic acids is 1. The maximum atomic E-state index is 11.8. The molecule has 2 aromatic rings. The van der Waals surface area contributed by atoms with Crippen LogP contribution in [0.3, 0.4) is 0 Å². The zero-order valence-electron chi connectivity index (χ0n) is 13.2. The maximum absolute atomic E-state index is 11.8. The first-order chi connectivity index (χ1) is 11.2. The van der Waals surface area contributed by atoms with Crippen molar-refractivity contribution in [3.05, 3.63) is 60.2 Å². The molecule has 0 saturated carbocycles. The molecular weight excluding hydrogens is 292 g/mol. The van der Waals surface area contributed by atoms with Crippen molar-refractivity contribution in [1.29, 1.82) is 0 Å². The van der Waals surface area contributed by atoms with Crippen molar-refractivity contribution in [3.63, 3.8) is 0 Å². The van der Waals surface area contributed by atoms with E-state index in [1.807, 2.05) is 54.6 Å². The summed E-state index contributed by atoms with van der Waals surface area (Å²) in [4.78, 5) is 11.8. The zero-order chi connectivity index (χ0) is 16.5. The highest BCUT2D eigenvalue weighted by Crippen LogP contribution is 2.21. The van der Waals surface area contributed by atoms with Crippen molar-refractivity contribution in [3.8, 4) is 11.5 Å². The molecule has 1 amide bonds. The van der Waals surface area contributed by atoms with Crippen LogP contribution in [0.2, 0.25) is 0 Å². The number of amides is 1. The SMILES string of the molecule is COC(CN)CC(=O)NCc1ccc(Oc2ccccc2)cc1. The van der Waals surface area contributed by atoms with Gasteiger partial charge in [0, 0.05) is 20.2 Å². The van der Waals surface area contributed by atoms with Gasteiger partial charge in [-0.05, 0) is 29.8 Å². The fourth-order valence-corrected chi connectivity index (χ4v) is 2.04. The molecule has 0 radical (unpaired) electrons. The molecule has 0 bridgehead atoms. The molecule has 5 heteroatoms. The van der Waals surface area contributed by atoms with Crippen LogP contribution in [0.4, 0.5) is 0 Å². The number of methoxy groups -OCH3 is 1. The van der Waals surface area contributed by atoms with Gasteiger partial charge in [0.25, 0.3) is 0 Å². The summed E-state index contributed by atoms with van der Waals surface area (Å²) in [5, 5.41) is 2.85. The van der Waals surface area contributed by atoms with Gasteiger partial charge in [0.2, 0.25) is 5.91 Å². The third-order valence-corrected chi connectivity index (χ3v) is 3.40. The smallest absolute Gasteiger partial charge is 0.222 e. The van der Waals surface area contributed by atoms with Gasteiger partial charge in [0.15, 0.2) is 0 Å². The largest absolute Gasteiger partial charge is 0.457 e. The molecule has 0 saturated heterocycles. The third kappa shape index (κ3) is 5.73. The lowest BCUT2D eigenvalue weighted by Gasteiger charge is -2.12. The number of benzene rings is 2. The van der Waals surface area contributed by atoms with Gasteiger partial charge in [0.05, 0.1) is 12.5 Å². The Labute approximate surface area is 136 Å². The molecule has 2 rings (SSSR count). The fraction of sp³-hybridized carbons (Fsp3) is 0.278. The van der Waals surface area contributed by atoms with Crippen molar-refractivity contribution in [1.82, 2.24) is 5.32 Å². The van der Waals surface area contributed by atoms with Gasteiger partial charge in [-0.2, -0.15) is 0 Å². The molecule has 5 nitrogen and oxygen atoms in total. The van der Waals surface area contributed by atoms with E-state index >= 15 is 0 Å². The summed E-state index contributed by atoms with van der Waals surface area (Å²) in [6.45, 7) is 0.793. The summed E-state index contributed by atoms with van der Waals surface area (Å²) in [5.74, 6) is 1.47. The first kappa shape index (κ1) is 17.0. The standard InChI is InChI=1S/C18H22N2O3/c1-22-17(12-19)11-18(21)20-13-14-7-9-16(10-8-14)23-15-5-3-2-4-6-15/h2-10,17H,11-13,19H2,1H3,(H,20,21). The van der Waals surface area contributed by atoms with E-state index in [2.05, 4.69) is 5.32 Å². The summed E-state index contributed by atoms with van der Waals surface area (Å²) in [6, 6.07) is 17.2. The van der Waals surface area contributed by atoms with Crippen molar-refractivity contribution >= 4 is 5.91 Å². The molecule has 0 aliphatic rings. The van der Waals surface area contributed by atoms with Crippen LogP contribution in [0.5, 0.6) is 11.5 Å². The molecule has 1 atom stereocenters. The maximum Gasteiger partial charge on any atom is 0.222 e. The zero-order valence-corrected chi connectivity index (χ0v) is 13.2. The molecule has 3 N–H and O–H groups in total. The molecule has 2 aromatic carbocycles. The Morgan fingerprint density at radius 2 is 1.74 bits per heavy atom. The average molecular weight is 314 g/mol. The van der Waals surface area contributed by atoms with E-state index in [0.717, 1.165) is 17.1 Å². The lowest BCUT2D eigenvalue weighted by molar-refractivity contribution is -0.123. The molecular formula is C18H22N2O3. The number of rotatable bonds is 8. The number of nitrogens with two attached hydrogens (primary N) is 1. The first-order valence-electron chi connectivity index (χ1n) is 7.52. The summed E-state index contributed by atoms with van der Waals surface area (Å²) >= 11 is 0. The van der Waals surface area contributed by atoms with Crippen LogP contribution < -0.4 is 15.8 Å². The highest BCUT2D eigenvalue weighted by atomic mass is 16.5. The van der Waals surface area contributed by atoms with E-state index in [1.165, 1.54) is 0 Å². The summed E-state index contributed by atoms with van der Waals surface area (Å²) in [6.07, 6.45) is 0.0269. The predicted octanol–water partition coefficient (Wildman–Crippen LogP) is 2.46. The Bertz CT molecular complexity index is 595. The quantitative estimate of drug-likeness (QED) is 0.785. The van der Waals surface area contributed by atoms with Gasteiger partial charge in [-0.15, -0.1) is 0 Å². The van der Waals surface area contributed by atoms with Gasteiger partial charge < -0.3 is 20.5 Å². The molecule has 23 heavy (non-hydrogen) atoms. The van der Waals surface area contributed by atoms with Crippen molar-refractivity contribution in [2.24, 2.45) is 5.73 Å². The lowest BCUT2D eigenvalue weighted by atomic mass is 10.2. The normalized spacial score (nSPS) is 11.7. The van der Waals surface area contributed by atoms with E-state index in [0.29, 0.717) is 13.1 Å². The van der Waals surface area contributed by atoms with Crippen LogP contribution in [-0.2, 0) is 16.1 Å². The highest BCUT2D eigenvalue weighted by molar-refractivity contribution is 5.76. The van der Waals surface area contributed by atoms with Gasteiger partial charge in [-0.3, -0.25) is 4.79 Å². The molecule has 1 unspecified atom stereocenters. The van der Waals surface area contributed by atoms with E-state index in [9.17, 15) is 4.79 Å². The predicted molar refractivity (Wildman–Crippen MR) is 89.3 cm³/mol. The Balaban J connectivity index is 1.82. The summed E-state index contributed by atoms with van der Waals surface area (Å²) in [5.41, 5.74) is 6.50. The Morgan fingerprint density at radius 1 is 1.09 bits per heavy atom. The number of nitrogens with one attached hydrogen (secondary N) is 1. The van der Waals surface area contributed by atoms with Crippen molar-refractivity contribution < 1.29 is 14.3 Å². The van der Waals surface area contributed by atoms with Gasteiger partial charge in [-0.25, -0.2) is 0 Å². The van der Waals surface area contributed by atoms with Gasteiger partial charge in [0.1, 0.15) is 11.5 Å². The number of ether oxygens (including phenoxy) is 2. The van der Waals surface area contributed by atoms with Gasteiger partial charge >= 0.3 is 0 Å². The first-order valence-corrected chi connectivity index (χ1v) is 7.52. The van der Waals surface area contributed by atoms with Crippen LogP contribution in [0, 0.1) is 0 Å². The second-order valence-corrected chi connectivity index (χ2v) is 5.13. The van der Waals surface area contributed by atoms with Gasteiger partial charge in [-0.1, -0.05) is 30.3 Å². The molecule has 0 aliphatic heterocycles. The minimum Gasteiger partial charge on any atom is -0.457 e. The Morgan fingerprint density at radius 3 is 2.35 bits per heavy atom. The topological polar surface area (TPSA) is 73.6 Å². The monoisotopic (exact) mass is 314 g/mol. The third-order valence-electron chi connectivity index (χ3n) is 3.40. The number of para-hydroxylation sites is 1. The fourth-order valence-electron chi connectivity index (χ4n) is 2.04. The molecule has 0 fully saturated rings. The van der Waals surface area contributed by atoms with E-state index in [1.54, 1.807) is 7.11 Å². The Kier molecular flexibility index (Phi) is 6.59. The van der Waals surface area contributed by atoms with Crippen molar-refractivity contribution in [2.75, 3.05) is 13.7 Å². The number of hydrogen-bond acceptors (Lipinski definition) is 4. The van der Waals surface area contributed by atoms with Crippen LogP contribution in [0.15, 0.2) is 54.6 Å². The second-order valence-electron chi connectivity index (χ2n) is 5.13. The molecule has 0 spiro atoms.